The lowest BCUT2D eigenvalue weighted by Crippen LogP contribution is -2.45. The third-order valence-electron chi connectivity index (χ3n) is 7.88. The molecule has 3 atom stereocenters. The van der Waals surface area contributed by atoms with Crippen molar-refractivity contribution in [2.45, 2.75) is 69.2 Å². The fourth-order valence-electron chi connectivity index (χ4n) is 5.96. The summed E-state index contributed by atoms with van der Waals surface area (Å²) in [7, 11) is 0. The van der Waals surface area contributed by atoms with Gasteiger partial charge in [-0.05, 0) is 68.9 Å². The molecule has 2 bridgehead atoms. The minimum atomic E-state index is 0.142. The summed E-state index contributed by atoms with van der Waals surface area (Å²) in [6, 6.07) is 11.9. The smallest absolute Gasteiger partial charge is 0.240 e. The Kier molecular flexibility index (Phi) is 6.26. The summed E-state index contributed by atoms with van der Waals surface area (Å²) in [6.07, 6.45) is 8.10. The highest BCUT2D eigenvalue weighted by atomic mass is 35.5. The molecule has 4 heterocycles. The maximum atomic E-state index is 10.6. The Balaban J connectivity index is 1.10. The third-order valence-corrected chi connectivity index (χ3v) is 9.54. The topological polar surface area (TPSA) is 80.8 Å². The molecule has 2 aromatic carbocycles. The highest BCUT2D eigenvalue weighted by molar-refractivity contribution is 7.22. The van der Waals surface area contributed by atoms with Crippen molar-refractivity contribution >= 4 is 61.7 Å². The average molecular weight is 567 g/mol. The Morgan fingerprint density at radius 2 is 1.87 bits per heavy atom. The summed E-state index contributed by atoms with van der Waals surface area (Å²) in [6.45, 7) is 0.428. The van der Waals surface area contributed by atoms with Crippen molar-refractivity contribution in [3.8, 4) is 11.3 Å². The summed E-state index contributed by atoms with van der Waals surface area (Å²) in [5.74, 6) is 1.30. The van der Waals surface area contributed by atoms with Crippen LogP contribution in [-0.2, 0) is 16.1 Å². The molecule has 10 heteroatoms. The molecule has 7 nitrogen and oxygen atoms in total. The molecule has 2 aromatic heterocycles. The van der Waals surface area contributed by atoms with Gasteiger partial charge in [-0.2, -0.15) is 4.99 Å². The van der Waals surface area contributed by atoms with Crippen LogP contribution in [0.2, 0.25) is 10.0 Å². The lowest BCUT2D eigenvalue weighted by molar-refractivity contribution is 0.0147. The standard InChI is InChI=1S/C28H24Cl2N4O3S/c29-21-2-1-3-22(30)25(21)26-20(27(37-33-26)15-4-5-15)13-36-19-11-17-7-8-18(12-19)34(17)28-32-23-9-6-16(31-14-35)10-24(23)38-28/h1-3,6,9-10,15,17-19H,4-5,7-8,11-13H2/t17-,18?,19-/m0/s1. The highest BCUT2D eigenvalue weighted by Gasteiger charge is 2.43. The van der Waals surface area contributed by atoms with Gasteiger partial charge in [0.25, 0.3) is 0 Å². The lowest BCUT2D eigenvalue weighted by atomic mass is 10.00. The number of benzene rings is 2. The minimum absolute atomic E-state index is 0.142. The predicted molar refractivity (Wildman–Crippen MR) is 148 cm³/mol. The molecule has 0 amide bonds. The van der Waals surface area contributed by atoms with E-state index in [0.29, 0.717) is 51.6 Å². The molecule has 7 rings (SSSR count). The van der Waals surface area contributed by atoms with Gasteiger partial charge in [0, 0.05) is 29.1 Å². The third kappa shape index (κ3) is 4.34. The van der Waals surface area contributed by atoms with Crippen LogP contribution < -0.4 is 4.90 Å². The molecule has 0 N–H and O–H groups in total. The van der Waals surface area contributed by atoms with Crippen molar-refractivity contribution < 1.29 is 14.1 Å². The Morgan fingerprint density at radius 3 is 2.58 bits per heavy atom. The second kappa shape index (κ2) is 9.78. The monoisotopic (exact) mass is 566 g/mol. The van der Waals surface area contributed by atoms with E-state index in [-0.39, 0.29) is 6.10 Å². The van der Waals surface area contributed by atoms with Gasteiger partial charge < -0.3 is 14.2 Å². The summed E-state index contributed by atoms with van der Waals surface area (Å²) in [5.41, 5.74) is 3.90. The molecular formula is C28H24Cl2N4O3S. The van der Waals surface area contributed by atoms with Crippen LogP contribution in [0.4, 0.5) is 10.8 Å². The number of halogens is 2. The zero-order valence-electron chi connectivity index (χ0n) is 20.4. The number of carbonyl (C=O) groups excluding carboxylic acids is 1. The molecule has 2 aliphatic heterocycles. The fraction of sp³-hybridized carbons (Fsp3) is 0.393. The Hall–Kier alpha value is -2.74. The van der Waals surface area contributed by atoms with Crippen molar-refractivity contribution in [3.05, 3.63) is 57.8 Å². The Morgan fingerprint density at radius 1 is 1.11 bits per heavy atom. The quantitative estimate of drug-likeness (QED) is 0.167. The molecule has 1 unspecified atom stereocenters. The van der Waals surface area contributed by atoms with Crippen LogP contribution in [0.25, 0.3) is 21.5 Å². The number of rotatable bonds is 7. The molecule has 3 aliphatic rings. The van der Waals surface area contributed by atoms with E-state index < -0.39 is 0 Å². The number of hydrogen-bond donors (Lipinski definition) is 0. The summed E-state index contributed by atoms with van der Waals surface area (Å²) in [5, 5.41) is 6.54. The molecule has 194 valence electrons. The van der Waals surface area contributed by atoms with Gasteiger partial charge in [0.05, 0.1) is 38.7 Å². The van der Waals surface area contributed by atoms with Crippen molar-refractivity contribution in [2.75, 3.05) is 4.90 Å². The zero-order chi connectivity index (χ0) is 25.8. The number of piperidine rings is 1. The molecule has 4 aromatic rings. The van der Waals surface area contributed by atoms with Gasteiger partial charge in [-0.25, -0.2) is 9.78 Å². The zero-order valence-corrected chi connectivity index (χ0v) is 22.7. The predicted octanol–water partition coefficient (Wildman–Crippen LogP) is 7.82. The molecule has 1 aliphatic carbocycles. The number of fused-ring (bicyclic) bond motifs is 3. The van der Waals surface area contributed by atoms with Crippen LogP contribution >= 0.6 is 34.5 Å². The Labute approximate surface area is 233 Å². The van der Waals surface area contributed by atoms with Crippen LogP contribution in [0.3, 0.4) is 0 Å². The average Bonchev–Trinajstić information content (AvgIpc) is 3.44. The minimum Gasteiger partial charge on any atom is -0.373 e. The van der Waals surface area contributed by atoms with Crippen molar-refractivity contribution in [1.82, 2.24) is 10.1 Å². The van der Waals surface area contributed by atoms with E-state index in [1.54, 1.807) is 23.5 Å². The maximum Gasteiger partial charge on any atom is 0.240 e. The van der Waals surface area contributed by atoms with E-state index in [0.717, 1.165) is 65.2 Å². The van der Waals surface area contributed by atoms with Crippen LogP contribution in [0, 0.1) is 0 Å². The first-order valence-electron chi connectivity index (χ1n) is 12.9. The van der Waals surface area contributed by atoms with Crippen molar-refractivity contribution in [3.63, 3.8) is 0 Å². The number of aliphatic imine (C=N–C) groups is 1. The second-order valence-electron chi connectivity index (χ2n) is 10.3. The summed E-state index contributed by atoms with van der Waals surface area (Å²) < 4.78 is 13.4. The number of thiazole rings is 1. The van der Waals surface area contributed by atoms with Crippen LogP contribution in [0.15, 0.2) is 45.9 Å². The number of nitrogens with zero attached hydrogens (tertiary/aromatic N) is 4. The molecule has 38 heavy (non-hydrogen) atoms. The molecule has 1 saturated carbocycles. The fourth-order valence-corrected chi connectivity index (χ4v) is 7.68. The van der Waals surface area contributed by atoms with Crippen molar-refractivity contribution in [2.24, 2.45) is 4.99 Å². The first-order chi connectivity index (χ1) is 18.6. The first-order valence-corrected chi connectivity index (χ1v) is 14.5. The molecule has 2 saturated heterocycles. The van der Waals surface area contributed by atoms with Crippen molar-refractivity contribution in [1.29, 1.82) is 0 Å². The van der Waals surface area contributed by atoms with E-state index in [1.807, 2.05) is 30.3 Å². The number of isocyanates is 1. The van der Waals surface area contributed by atoms with E-state index in [1.165, 1.54) is 0 Å². The van der Waals surface area contributed by atoms with Crippen LogP contribution in [-0.4, -0.2) is 34.4 Å². The summed E-state index contributed by atoms with van der Waals surface area (Å²) in [4.78, 5) is 21.8. The Bertz CT molecular complexity index is 1540. The van der Waals surface area contributed by atoms with Crippen LogP contribution in [0.5, 0.6) is 0 Å². The van der Waals surface area contributed by atoms with Gasteiger partial charge in [0.1, 0.15) is 11.5 Å². The van der Waals surface area contributed by atoms with E-state index in [4.69, 9.17) is 37.4 Å². The van der Waals surface area contributed by atoms with E-state index in [9.17, 15) is 4.79 Å². The second-order valence-corrected chi connectivity index (χ2v) is 12.1. The largest absolute Gasteiger partial charge is 0.373 e. The number of anilines is 1. The number of aromatic nitrogens is 2. The van der Waals surface area contributed by atoms with E-state index >= 15 is 0 Å². The molecule has 0 radical (unpaired) electrons. The van der Waals surface area contributed by atoms with Gasteiger partial charge in [-0.1, -0.05) is 45.8 Å². The maximum absolute atomic E-state index is 10.6. The highest BCUT2D eigenvalue weighted by Crippen LogP contribution is 2.47. The van der Waals surface area contributed by atoms with Gasteiger partial charge in [0.2, 0.25) is 6.08 Å². The normalized spacial score (nSPS) is 22.7. The number of hydrogen-bond acceptors (Lipinski definition) is 8. The molecule has 0 spiro atoms. The summed E-state index contributed by atoms with van der Waals surface area (Å²) >= 11 is 14.7. The van der Waals surface area contributed by atoms with Crippen LogP contribution in [0.1, 0.15) is 55.8 Å². The first kappa shape index (κ1) is 24.3. The van der Waals surface area contributed by atoms with E-state index in [2.05, 4.69) is 15.0 Å². The molecular weight excluding hydrogens is 543 g/mol. The van der Waals surface area contributed by atoms with Gasteiger partial charge in [0.15, 0.2) is 5.13 Å². The SMILES string of the molecule is O=C=Nc1ccc2nc(N3C4CC[C@H]3C[C@H](OCc3c(-c5c(Cl)cccc5Cl)noc3C3CC3)C4)sc2c1. The number of ether oxygens (including phenoxy) is 1. The van der Waals surface area contributed by atoms with Gasteiger partial charge in [-0.15, -0.1) is 0 Å². The molecule has 3 fully saturated rings. The van der Waals surface area contributed by atoms with Gasteiger partial charge in [-0.3, -0.25) is 0 Å². The van der Waals surface area contributed by atoms with Gasteiger partial charge >= 0.3 is 0 Å². The lowest BCUT2D eigenvalue weighted by Gasteiger charge is -2.38.